The molecule has 0 saturated carbocycles. The third kappa shape index (κ3) is 4.73. The SMILES string of the molecule is O=C1CN(S(=O)(=O)Cc2ccccc2)C[C@@H]2[C@@H](c3ccc(C#Cc4ccccc4)cc3)[C@@H](CO)N12. The Hall–Kier alpha value is -3.44. The van der Waals surface area contributed by atoms with Gasteiger partial charge in [-0.25, -0.2) is 8.42 Å². The van der Waals surface area contributed by atoms with Gasteiger partial charge in [0, 0.05) is 23.6 Å². The number of fused-ring (bicyclic) bond motifs is 1. The first kappa shape index (κ1) is 23.3. The van der Waals surface area contributed by atoms with Crippen LogP contribution in [0, 0.1) is 11.8 Å². The number of amides is 1. The number of carbonyl (C=O) groups is 1. The summed E-state index contributed by atoms with van der Waals surface area (Å²) in [4.78, 5) is 14.5. The Labute approximate surface area is 205 Å². The van der Waals surface area contributed by atoms with Crippen LogP contribution >= 0.6 is 0 Å². The molecule has 2 saturated heterocycles. The Morgan fingerprint density at radius 3 is 2.09 bits per heavy atom. The van der Waals surface area contributed by atoms with Crippen LogP contribution in [0.3, 0.4) is 0 Å². The lowest BCUT2D eigenvalue weighted by Gasteiger charge is -2.58. The zero-order chi connectivity index (χ0) is 24.4. The van der Waals surface area contributed by atoms with Crippen LogP contribution in [-0.4, -0.2) is 60.4 Å². The number of aliphatic hydroxyl groups excluding tert-OH is 1. The molecule has 3 atom stereocenters. The number of piperazine rings is 1. The minimum Gasteiger partial charge on any atom is -0.394 e. The number of aliphatic hydroxyl groups is 1. The fourth-order valence-electron chi connectivity index (χ4n) is 5.01. The Morgan fingerprint density at radius 2 is 1.46 bits per heavy atom. The summed E-state index contributed by atoms with van der Waals surface area (Å²) in [6, 6.07) is 25.8. The van der Waals surface area contributed by atoms with Crippen LogP contribution < -0.4 is 0 Å². The van der Waals surface area contributed by atoms with Gasteiger partial charge in [0.15, 0.2) is 0 Å². The van der Waals surface area contributed by atoms with E-state index in [1.54, 1.807) is 29.2 Å². The standard InChI is InChI=1S/C28H26N2O4S/c31-19-26-28(24-15-13-22(14-16-24)12-11-21-7-3-1-4-8-21)25-17-29(18-27(32)30(25)26)35(33,34)20-23-9-5-2-6-10-23/h1-10,13-16,25-26,28,31H,17-20H2/t25-,26-,28-/m1/s1. The van der Waals surface area contributed by atoms with Crippen molar-refractivity contribution in [3.8, 4) is 11.8 Å². The average Bonchev–Trinajstić information content (AvgIpc) is 2.85. The summed E-state index contributed by atoms with van der Waals surface area (Å²) in [5.74, 6) is 5.73. The normalized spacial score (nSPS) is 22.0. The van der Waals surface area contributed by atoms with Crippen LogP contribution in [0.25, 0.3) is 0 Å². The van der Waals surface area contributed by atoms with Gasteiger partial charge in [0.2, 0.25) is 15.9 Å². The molecule has 35 heavy (non-hydrogen) atoms. The molecular formula is C28H26N2O4S. The van der Waals surface area contributed by atoms with Crippen molar-refractivity contribution < 1.29 is 18.3 Å². The van der Waals surface area contributed by atoms with Crippen molar-refractivity contribution >= 4 is 15.9 Å². The lowest BCUT2D eigenvalue weighted by molar-refractivity contribution is -0.158. The molecule has 0 spiro atoms. The van der Waals surface area contributed by atoms with Crippen LogP contribution in [0.2, 0.25) is 0 Å². The minimum atomic E-state index is -3.66. The van der Waals surface area contributed by atoms with E-state index >= 15 is 0 Å². The van der Waals surface area contributed by atoms with E-state index in [0.717, 1.165) is 16.7 Å². The third-order valence-electron chi connectivity index (χ3n) is 6.73. The number of benzene rings is 3. The largest absolute Gasteiger partial charge is 0.394 e. The van der Waals surface area contributed by atoms with E-state index in [1.165, 1.54) is 4.31 Å². The molecule has 178 valence electrons. The number of nitrogens with zero attached hydrogens (tertiary/aromatic N) is 2. The molecule has 3 aromatic carbocycles. The predicted octanol–water partition coefficient (Wildman–Crippen LogP) is 2.59. The van der Waals surface area contributed by atoms with Gasteiger partial charge in [0.1, 0.15) is 0 Å². The average molecular weight is 487 g/mol. The second-order valence-electron chi connectivity index (χ2n) is 8.92. The summed E-state index contributed by atoms with van der Waals surface area (Å²) >= 11 is 0. The molecule has 3 aromatic rings. The van der Waals surface area contributed by atoms with E-state index in [-0.39, 0.29) is 49.4 Å². The highest BCUT2D eigenvalue weighted by Crippen LogP contribution is 2.43. The fraction of sp³-hybridized carbons (Fsp3) is 0.250. The molecule has 0 bridgehead atoms. The Balaban J connectivity index is 1.34. The Bertz CT molecular complexity index is 1360. The maximum atomic E-state index is 13.1. The third-order valence-corrected chi connectivity index (χ3v) is 8.49. The van der Waals surface area contributed by atoms with Crippen molar-refractivity contribution in [2.45, 2.75) is 23.8 Å². The molecule has 2 fully saturated rings. The molecule has 5 rings (SSSR count). The highest BCUT2D eigenvalue weighted by atomic mass is 32.2. The maximum absolute atomic E-state index is 13.1. The molecule has 7 heteroatoms. The molecule has 0 unspecified atom stereocenters. The Kier molecular flexibility index (Phi) is 6.44. The van der Waals surface area contributed by atoms with Gasteiger partial charge >= 0.3 is 0 Å². The molecule has 6 nitrogen and oxygen atoms in total. The van der Waals surface area contributed by atoms with E-state index in [2.05, 4.69) is 11.8 Å². The highest BCUT2D eigenvalue weighted by Gasteiger charge is 2.55. The maximum Gasteiger partial charge on any atom is 0.238 e. The first-order chi connectivity index (χ1) is 17.0. The lowest BCUT2D eigenvalue weighted by Crippen LogP contribution is -2.73. The van der Waals surface area contributed by atoms with Gasteiger partial charge in [0.05, 0.1) is 31.0 Å². The van der Waals surface area contributed by atoms with E-state index in [9.17, 15) is 18.3 Å². The molecule has 2 aliphatic heterocycles. The van der Waals surface area contributed by atoms with Crippen LogP contribution in [-0.2, 0) is 20.6 Å². The van der Waals surface area contributed by atoms with Crippen molar-refractivity contribution in [3.05, 3.63) is 107 Å². The quantitative estimate of drug-likeness (QED) is 0.563. The van der Waals surface area contributed by atoms with Crippen LogP contribution in [0.5, 0.6) is 0 Å². The smallest absolute Gasteiger partial charge is 0.238 e. The van der Waals surface area contributed by atoms with Crippen molar-refractivity contribution in [2.24, 2.45) is 0 Å². The van der Waals surface area contributed by atoms with Crippen LogP contribution in [0.1, 0.15) is 28.2 Å². The van der Waals surface area contributed by atoms with Gasteiger partial charge in [-0.3, -0.25) is 4.79 Å². The van der Waals surface area contributed by atoms with Crippen molar-refractivity contribution in [2.75, 3.05) is 19.7 Å². The summed E-state index contributed by atoms with van der Waals surface area (Å²) in [5, 5.41) is 10.0. The zero-order valence-corrected chi connectivity index (χ0v) is 19.9. The topological polar surface area (TPSA) is 77.9 Å². The van der Waals surface area contributed by atoms with Gasteiger partial charge in [0.25, 0.3) is 0 Å². The van der Waals surface area contributed by atoms with Gasteiger partial charge in [-0.05, 0) is 35.4 Å². The van der Waals surface area contributed by atoms with Crippen molar-refractivity contribution in [3.63, 3.8) is 0 Å². The Morgan fingerprint density at radius 1 is 0.857 bits per heavy atom. The van der Waals surface area contributed by atoms with Crippen molar-refractivity contribution in [1.29, 1.82) is 0 Å². The van der Waals surface area contributed by atoms with Gasteiger partial charge < -0.3 is 10.0 Å². The van der Waals surface area contributed by atoms with E-state index in [1.807, 2.05) is 60.7 Å². The molecule has 0 radical (unpaired) electrons. The summed E-state index contributed by atoms with van der Waals surface area (Å²) < 4.78 is 27.5. The van der Waals surface area contributed by atoms with Gasteiger partial charge in [-0.15, -0.1) is 0 Å². The molecule has 2 aliphatic rings. The predicted molar refractivity (Wildman–Crippen MR) is 134 cm³/mol. The number of hydrogen-bond donors (Lipinski definition) is 1. The molecule has 2 heterocycles. The summed E-state index contributed by atoms with van der Waals surface area (Å²) in [6.07, 6.45) is 0. The number of sulfonamides is 1. The van der Waals surface area contributed by atoms with E-state index in [4.69, 9.17) is 0 Å². The van der Waals surface area contributed by atoms with Crippen molar-refractivity contribution in [1.82, 2.24) is 9.21 Å². The molecular weight excluding hydrogens is 460 g/mol. The first-order valence-electron chi connectivity index (χ1n) is 11.6. The number of hydrogen-bond acceptors (Lipinski definition) is 4. The number of rotatable bonds is 5. The molecule has 1 amide bonds. The minimum absolute atomic E-state index is 0.142. The summed E-state index contributed by atoms with van der Waals surface area (Å²) in [6.45, 7) is -0.139. The van der Waals surface area contributed by atoms with Crippen LogP contribution in [0.4, 0.5) is 0 Å². The molecule has 0 aliphatic carbocycles. The van der Waals surface area contributed by atoms with Crippen LogP contribution in [0.15, 0.2) is 84.9 Å². The summed E-state index contributed by atoms with van der Waals surface area (Å²) in [7, 11) is -3.66. The highest BCUT2D eigenvalue weighted by molar-refractivity contribution is 7.88. The fourth-order valence-corrected chi connectivity index (χ4v) is 6.50. The monoisotopic (exact) mass is 486 g/mol. The molecule has 0 aromatic heterocycles. The molecule has 1 N–H and O–H groups in total. The van der Waals surface area contributed by atoms with Gasteiger partial charge in [-0.2, -0.15) is 4.31 Å². The zero-order valence-electron chi connectivity index (χ0n) is 19.1. The summed E-state index contributed by atoms with van der Waals surface area (Å²) in [5.41, 5.74) is 3.45. The number of carbonyl (C=O) groups excluding carboxylic acids is 1. The first-order valence-corrected chi connectivity index (χ1v) is 13.2. The van der Waals surface area contributed by atoms with Gasteiger partial charge in [-0.1, -0.05) is 72.5 Å². The second kappa shape index (κ2) is 9.67. The lowest BCUT2D eigenvalue weighted by atomic mass is 9.74. The second-order valence-corrected chi connectivity index (χ2v) is 10.9. The van der Waals surface area contributed by atoms with E-state index in [0.29, 0.717) is 5.56 Å². The van der Waals surface area contributed by atoms with E-state index < -0.39 is 10.0 Å².